The Bertz CT molecular complexity index is 1480. The molecule has 0 spiro atoms. The summed E-state index contributed by atoms with van der Waals surface area (Å²) in [6.07, 6.45) is 28.3. The van der Waals surface area contributed by atoms with Gasteiger partial charge in [-0.1, -0.05) is 87.6 Å². The first kappa shape index (κ1) is 45.7. The fourth-order valence-corrected chi connectivity index (χ4v) is 9.08. The maximum Gasteiger partial charge on any atom is 0.331 e. The molecule has 10 nitrogen and oxygen atoms in total. The predicted octanol–water partition coefficient (Wildman–Crippen LogP) is 9.74. The molecular weight excluding hydrogens is 725 g/mol. The predicted molar refractivity (Wildman–Crippen MR) is 221 cm³/mol. The third-order valence-electron chi connectivity index (χ3n) is 10.8. The number of allylic oxidation sites excluding steroid dienone is 8. The molecule has 0 aromatic rings. The Morgan fingerprint density at radius 3 is 1.32 bits per heavy atom. The monoisotopic (exact) mass is 797 g/mol. The Morgan fingerprint density at radius 1 is 0.491 bits per heavy atom. The highest BCUT2D eigenvalue weighted by Gasteiger charge is 2.44. The number of ether oxygens (including phenoxy) is 9. The number of rotatable bonds is 1. The Morgan fingerprint density at radius 2 is 0.860 bits per heavy atom. The summed E-state index contributed by atoms with van der Waals surface area (Å²) < 4.78 is 57.8. The molecule has 0 aromatic heterocycles. The van der Waals surface area contributed by atoms with Crippen LogP contribution in [0.5, 0.6) is 0 Å². The van der Waals surface area contributed by atoms with Crippen molar-refractivity contribution in [2.75, 3.05) is 0 Å². The van der Waals surface area contributed by atoms with Crippen LogP contribution in [0.25, 0.3) is 0 Å². The highest BCUT2D eigenvalue weighted by atomic mass is 16.7. The van der Waals surface area contributed by atoms with Gasteiger partial charge in [-0.15, -0.1) is 0 Å². The van der Waals surface area contributed by atoms with Crippen LogP contribution in [0.3, 0.4) is 0 Å². The molecule has 4 saturated heterocycles. The third-order valence-corrected chi connectivity index (χ3v) is 10.8. The molecule has 10 atom stereocenters. The molecule has 10 heteroatoms. The molecule has 4 fully saturated rings. The fourth-order valence-electron chi connectivity index (χ4n) is 9.08. The van der Waals surface area contributed by atoms with E-state index >= 15 is 0 Å². The summed E-state index contributed by atoms with van der Waals surface area (Å²) in [5.41, 5.74) is 0. The first-order chi connectivity index (χ1) is 26.7. The Kier molecular flexibility index (Phi) is 15.8. The van der Waals surface area contributed by atoms with Crippen molar-refractivity contribution in [1.29, 1.82) is 0 Å². The van der Waals surface area contributed by atoms with Gasteiger partial charge in [-0.25, -0.2) is 4.79 Å². The van der Waals surface area contributed by atoms with Crippen LogP contribution in [-0.2, 0) is 47.4 Å². The summed E-state index contributed by atoms with van der Waals surface area (Å²) >= 11 is 0. The lowest BCUT2D eigenvalue weighted by Gasteiger charge is -2.47. The topological polar surface area (TPSA) is 100 Å². The largest absolute Gasteiger partial charge is 0.458 e. The highest BCUT2D eigenvalue weighted by Crippen LogP contribution is 2.40. The molecule has 0 aromatic carbocycles. The van der Waals surface area contributed by atoms with E-state index in [1.165, 1.54) is 6.08 Å². The van der Waals surface area contributed by atoms with Gasteiger partial charge in [0.1, 0.15) is 6.10 Å². The zero-order valence-electron chi connectivity index (χ0n) is 36.5. The van der Waals surface area contributed by atoms with Crippen LogP contribution in [0.15, 0.2) is 72.9 Å². The number of hydrogen-bond donors (Lipinski definition) is 0. The lowest BCUT2D eigenvalue weighted by Crippen LogP contribution is -2.51. The molecule has 0 unspecified atom stereocenters. The summed E-state index contributed by atoms with van der Waals surface area (Å²) in [6, 6.07) is 0. The van der Waals surface area contributed by atoms with E-state index in [9.17, 15) is 4.79 Å². The molecule has 0 aliphatic carbocycles. The zero-order chi connectivity index (χ0) is 41.4. The second-order valence-electron chi connectivity index (χ2n) is 18.7. The van der Waals surface area contributed by atoms with Gasteiger partial charge in [0.05, 0.1) is 48.8 Å². The molecule has 57 heavy (non-hydrogen) atoms. The molecule has 0 N–H and O–H groups in total. The van der Waals surface area contributed by atoms with E-state index in [0.717, 1.165) is 38.5 Å². The van der Waals surface area contributed by atoms with E-state index in [0.29, 0.717) is 12.8 Å². The molecule has 320 valence electrons. The molecule has 0 amide bonds. The van der Waals surface area contributed by atoms with Crippen molar-refractivity contribution in [1.82, 2.24) is 0 Å². The molecule has 8 bridgehead atoms. The lowest BCUT2D eigenvalue weighted by atomic mass is 9.91. The number of fused-ring (bicyclic) bond motifs is 8. The van der Waals surface area contributed by atoms with Gasteiger partial charge in [-0.2, -0.15) is 0 Å². The van der Waals surface area contributed by atoms with Gasteiger partial charge in [0, 0.05) is 56.9 Å². The average Bonchev–Trinajstić information content (AvgIpc) is 3.05. The molecule has 5 aliphatic rings. The maximum atomic E-state index is 12.8. The standard InChI is InChI=1S/C47H72O10/c1-32(2)43-33(3)23-24-35-26-37(53-45(6,7)51-35)28-39-30-41(57-47(10,11)55-39)31-40-29-38(54-46(8,9)56-40)27-36-25-34(50-44(4,5)52-36)21-19-17-15-13-12-14-16-18-20-22-42(48)49-43/h12-20,22-24,32-41,43H,21,25-31H2,1-11H3/t33-,34-,35-,36-,37-,38+,39+,40-,41-,43-/m0/s1. The Labute approximate surface area is 343 Å². The van der Waals surface area contributed by atoms with Gasteiger partial charge in [0.15, 0.2) is 23.1 Å². The van der Waals surface area contributed by atoms with E-state index in [-0.39, 0.29) is 72.7 Å². The van der Waals surface area contributed by atoms with Gasteiger partial charge in [0.2, 0.25) is 0 Å². The normalized spacial score (nSPS) is 37.8. The van der Waals surface area contributed by atoms with Gasteiger partial charge in [-0.05, 0) is 67.7 Å². The van der Waals surface area contributed by atoms with Crippen LogP contribution in [0.4, 0.5) is 0 Å². The minimum absolute atomic E-state index is 0.00762. The molecule has 0 radical (unpaired) electrons. The number of carbonyl (C=O) groups is 1. The van der Waals surface area contributed by atoms with E-state index in [4.69, 9.17) is 42.6 Å². The quantitative estimate of drug-likeness (QED) is 0.188. The Hall–Kier alpha value is -2.41. The van der Waals surface area contributed by atoms with Crippen molar-refractivity contribution in [2.45, 2.75) is 206 Å². The summed E-state index contributed by atoms with van der Waals surface area (Å²) in [6.45, 7) is 22.1. The molecule has 5 aliphatic heterocycles. The van der Waals surface area contributed by atoms with Crippen LogP contribution >= 0.6 is 0 Å². The smallest absolute Gasteiger partial charge is 0.331 e. The third kappa shape index (κ3) is 15.3. The molecular formula is C47H72O10. The van der Waals surface area contributed by atoms with Crippen LogP contribution in [0.2, 0.25) is 0 Å². The second kappa shape index (κ2) is 19.8. The van der Waals surface area contributed by atoms with Gasteiger partial charge in [-0.3, -0.25) is 0 Å². The van der Waals surface area contributed by atoms with Crippen LogP contribution in [-0.4, -0.2) is 84.1 Å². The second-order valence-corrected chi connectivity index (χ2v) is 18.7. The minimum Gasteiger partial charge on any atom is -0.458 e. The SMILES string of the molecule is CC(C)[C@@H]1OC(=O)C=CC=CC=CC=CC=CC[C@H]2C[C@@H](C[C@@H]3C[C@@H](C[C@@H]4C[C@@H](C[C@@H]5C[C@H](C=C[C@@H]1C)OC(C)(C)O5)OC(C)(C)O4)OC(C)(C)O3)OC(C)(C)O2. The number of esters is 1. The van der Waals surface area contributed by atoms with Gasteiger partial charge >= 0.3 is 5.97 Å². The van der Waals surface area contributed by atoms with E-state index in [2.05, 4.69) is 39.0 Å². The number of carbonyl (C=O) groups excluding carboxylic acids is 1. The first-order valence-corrected chi connectivity index (χ1v) is 21.4. The van der Waals surface area contributed by atoms with E-state index < -0.39 is 23.1 Å². The van der Waals surface area contributed by atoms with Crippen molar-refractivity contribution in [3.05, 3.63) is 72.9 Å². The fraction of sp³-hybridized carbons (Fsp3) is 0.723. The van der Waals surface area contributed by atoms with Gasteiger partial charge < -0.3 is 42.6 Å². The van der Waals surface area contributed by atoms with Crippen LogP contribution < -0.4 is 0 Å². The summed E-state index contributed by atoms with van der Waals surface area (Å²) in [5, 5.41) is 0. The van der Waals surface area contributed by atoms with Crippen molar-refractivity contribution >= 4 is 5.97 Å². The highest BCUT2D eigenvalue weighted by molar-refractivity contribution is 5.82. The maximum absolute atomic E-state index is 12.8. The van der Waals surface area contributed by atoms with Crippen LogP contribution in [0.1, 0.15) is 128 Å². The zero-order valence-corrected chi connectivity index (χ0v) is 36.5. The van der Waals surface area contributed by atoms with Crippen LogP contribution in [0, 0.1) is 11.8 Å². The first-order valence-electron chi connectivity index (χ1n) is 21.4. The molecule has 5 rings (SSSR count). The van der Waals surface area contributed by atoms with Crippen molar-refractivity contribution in [3.63, 3.8) is 0 Å². The lowest BCUT2D eigenvalue weighted by molar-refractivity contribution is -0.338. The van der Waals surface area contributed by atoms with Crippen molar-refractivity contribution in [3.8, 4) is 0 Å². The summed E-state index contributed by atoms with van der Waals surface area (Å²) in [4.78, 5) is 12.8. The average molecular weight is 797 g/mol. The van der Waals surface area contributed by atoms with E-state index in [1.807, 2.05) is 97.9 Å². The molecule has 5 heterocycles. The number of cyclic esters (lactones) is 1. The number of hydrogen-bond acceptors (Lipinski definition) is 10. The van der Waals surface area contributed by atoms with E-state index in [1.54, 1.807) is 6.08 Å². The minimum atomic E-state index is -0.775. The molecule has 0 saturated carbocycles. The Balaban J connectivity index is 1.34. The summed E-state index contributed by atoms with van der Waals surface area (Å²) in [5.74, 6) is -3.22. The summed E-state index contributed by atoms with van der Waals surface area (Å²) in [7, 11) is 0. The van der Waals surface area contributed by atoms with Crippen molar-refractivity contribution < 1.29 is 47.4 Å². The van der Waals surface area contributed by atoms with Gasteiger partial charge in [0.25, 0.3) is 0 Å². The van der Waals surface area contributed by atoms with Crippen molar-refractivity contribution in [2.24, 2.45) is 11.8 Å².